The van der Waals surface area contributed by atoms with Gasteiger partial charge in [-0.05, 0) is 36.4 Å². The molecule has 1 amide bonds. The van der Waals surface area contributed by atoms with E-state index in [0.29, 0.717) is 5.52 Å². The Balaban J connectivity index is 1.67. The van der Waals surface area contributed by atoms with Crippen molar-refractivity contribution in [2.24, 2.45) is 0 Å². The van der Waals surface area contributed by atoms with Crippen LogP contribution in [0.15, 0.2) is 82.7 Å². The molecule has 0 saturated carbocycles. The summed E-state index contributed by atoms with van der Waals surface area (Å²) in [7, 11) is 0. The van der Waals surface area contributed by atoms with Gasteiger partial charge in [0.1, 0.15) is 5.82 Å². The third kappa shape index (κ3) is 4.75. The van der Waals surface area contributed by atoms with Crippen LogP contribution in [-0.4, -0.2) is 21.2 Å². The number of rotatable bonds is 5. The van der Waals surface area contributed by atoms with Gasteiger partial charge in [0.05, 0.1) is 33.6 Å². The van der Waals surface area contributed by atoms with Crippen LogP contribution in [0, 0.1) is 5.82 Å². The van der Waals surface area contributed by atoms with Gasteiger partial charge in [-0.25, -0.2) is 9.37 Å². The Morgan fingerprint density at radius 2 is 1.64 bits per heavy atom. The maximum absolute atomic E-state index is 14.5. The highest BCUT2D eigenvalue weighted by molar-refractivity contribution is 7.99. The Morgan fingerprint density at radius 3 is 2.39 bits per heavy atom. The Kier molecular flexibility index (Phi) is 6.19. The molecule has 0 atom stereocenters. The van der Waals surface area contributed by atoms with E-state index in [4.69, 9.17) is 0 Å². The highest BCUT2D eigenvalue weighted by atomic mass is 32.2. The summed E-state index contributed by atoms with van der Waals surface area (Å²) in [5.74, 6) is -1.76. The normalized spacial score (nSPS) is 11.5. The molecular weight excluding hydrogens is 458 g/mol. The number of hydrogen-bond acceptors (Lipinski definition) is 4. The number of para-hydroxylation sites is 3. The molecule has 3 aromatic carbocycles. The largest absolute Gasteiger partial charge is 0.418 e. The summed E-state index contributed by atoms with van der Waals surface area (Å²) >= 11 is 0.812. The average Bonchev–Trinajstić information content (AvgIpc) is 2.78. The number of amides is 1. The lowest BCUT2D eigenvalue weighted by molar-refractivity contribution is -0.137. The number of benzene rings is 3. The van der Waals surface area contributed by atoms with E-state index in [1.165, 1.54) is 30.3 Å². The van der Waals surface area contributed by atoms with Gasteiger partial charge >= 0.3 is 6.18 Å². The lowest BCUT2D eigenvalue weighted by atomic mass is 10.1. The molecule has 1 aromatic heterocycles. The molecule has 0 fully saturated rings. The number of thioether (sulfide) groups is 1. The van der Waals surface area contributed by atoms with Crippen LogP contribution in [0.25, 0.3) is 16.6 Å². The fourth-order valence-electron chi connectivity index (χ4n) is 3.21. The summed E-state index contributed by atoms with van der Waals surface area (Å²) in [6, 6.07) is 16.7. The van der Waals surface area contributed by atoms with Crippen molar-refractivity contribution in [3.63, 3.8) is 0 Å². The topological polar surface area (TPSA) is 64.0 Å². The zero-order chi connectivity index (χ0) is 23.6. The number of carbonyl (C=O) groups is 1. The molecule has 4 aromatic rings. The molecule has 1 heterocycles. The number of nitrogens with one attached hydrogen (secondary N) is 1. The van der Waals surface area contributed by atoms with Gasteiger partial charge in [0.2, 0.25) is 5.91 Å². The van der Waals surface area contributed by atoms with E-state index in [1.54, 1.807) is 30.3 Å². The van der Waals surface area contributed by atoms with Gasteiger partial charge < -0.3 is 5.32 Å². The van der Waals surface area contributed by atoms with Crippen molar-refractivity contribution >= 4 is 34.3 Å². The number of hydrogen-bond donors (Lipinski definition) is 1. The van der Waals surface area contributed by atoms with Gasteiger partial charge in [0, 0.05) is 0 Å². The van der Waals surface area contributed by atoms with Crippen LogP contribution >= 0.6 is 11.8 Å². The van der Waals surface area contributed by atoms with E-state index >= 15 is 0 Å². The summed E-state index contributed by atoms with van der Waals surface area (Å²) in [5.41, 5.74) is -1.59. The van der Waals surface area contributed by atoms with Crippen molar-refractivity contribution in [2.45, 2.75) is 11.3 Å². The van der Waals surface area contributed by atoms with E-state index < -0.39 is 29.0 Å². The molecule has 4 rings (SSSR count). The van der Waals surface area contributed by atoms with Crippen molar-refractivity contribution in [3.8, 4) is 5.69 Å². The average molecular weight is 473 g/mol. The molecule has 0 spiro atoms. The summed E-state index contributed by atoms with van der Waals surface area (Å²) in [6.07, 6.45) is -4.64. The molecule has 0 aliphatic carbocycles. The van der Waals surface area contributed by atoms with E-state index in [0.717, 1.165) is 28.5 Å². The van der Waals surface area contributed by atoms with Crippen molar-refractivity contribution in [2.75, 3.05) is 11.1 Å². The molecule has 0 radical (unpaired) electrons. The Labute approximate surface area is 189 Å². The SMILES string of the molecule is O=C(CSc1nc2ccccc2c(=O)n1-c1ccccc1F)Nc1ccccc1C(F)(F)F. The molecule has 168 valence electrons. The van der Waals surface area contributed by atoms with Crippen LogP contribution in [0.2, 0.25) is 0 Å². The third-order valence-corrected chi connectivity index (χ3v) is 5.62. The second-order valence-corrected chi connectivity index (χ2v) is 7.83. The summed E-state index contributed by atoms with van der Waals surface area (Å²) in [4.78, 5) is 29.9. The second kappa shape index (κ2) is 9.07. The van der Waals surface area contributed by atoms with E-state index in [1.807, 2.05) is 0 Å². The zero-order valence-corrected chi connectivity index (χ0v) is 17.6. The van der Waals surface area contributed by atoms with Gasteiger partial charge in [-0.3, -0.25) is 14.2 Å². The first kappa shape index (κ1) is 22.5. The number of alkyl halides is 3. The Bertz CT molecular complexity index is 1400. The fraction of sp³-hybridized carbons (Fsp3) is 0.0870. The van der Waals surface area contributed by atoms with E-state index in [9.17, 15) is 27.2 Å². The zero-order valence-electron chi connectivity index (χ0n) is 16.8. The molecule has 0 aliphatic rings. The molecule has 0 saturated heterocycles. The molecule has 10 heteroatoms. The van der Waals surface area contributed by atoms with E-state index in [-0.39, 0.29) is 27.7 Å². The quantitative estimate of drug-likeness (QED) is 0.244. The van der Waals surface area contributed by atoms with Crippen molar-refractivity contribution < 1.29 is 22.4 Å². The van der Waals surface area contributed by atoms with Crippen molar-refractivity contribution in [3.05, 3.63) is 94.5 Å². The summed E-state index contributed by atoms with van der Waals surface area (Å²) < 4.78 is 55.1. The molecule has 0 bridgehead atoms. The van der Waals surface area contributed by atoms with Crippen LogP contribution in [0.4, 0.5) is 23.2 Å². The lowest BCUT2D eigenvalue weighted by Gasteiger charge is -2.15. The fourth-order valence-corrected chi connectivity index (χ4v) is 4.02. The van der Waals surface area contributed by atoms with Crippen LogP contribution in [0.5, 0.6) is 0 Å². The Hall–Kier alpha value is -3.66. The van der Waals surface area contributed by atoms with Gasteiger partial charge in [-0.15, -0.1) is 0 Å². The van der Waals surface area contributed by atoms with Crippen LogP contribution < -0.4 is 10.9 Å². The molecule has 33 heavy (non-hydrogen) atoms. The van der Waals surface area contributed by atoms with Crippen LogP contribution in [-0.2, 0) is 11.0 Å². The first-order valence-electron chi connectivity index (χ1n) is 9.61. The molecule has 0 aliphatic heterocycles. The minimum absolute atomic E-state index is 0.0306. The summed E-state index contributed by atoms with van der Waals surface area (Å²) in [5, 5.41) is 2.53. The van der Waals surface area contributed by atoms with Gasteiger partial charge in [0.25, 0.3) is 5.56 Å². The predicted octanol–water partition coefficient (Wildman–Crippen LogP) is 5.27. The molecule has 0 unspecified atom stereocenters. The number of anilines is 1. The molecular formula is C23H15F4N3O2S. The minimum atomic E-state index is -4.64. The molecule has 1 N–H and O–H groups in total. The van der Waals surface area contributed by atoms with Crippen LogP contribution in [0.1, 0.15) is 5.56 Å². The first-order chi connectivity index (χ1) is 15.8. The standard InChI is InChI=1S/C23H15F4N3O2S/c24-16-9-3-6-12-19(16)30-21(32)14-7-1-4-10-17(14)29-22(30)33-13-20(31)28-18-11-5-2-8-15(18)23(25,26)27/h1-12H,13H2,(H,28,31). The van der Waals surface area contributed by atoms with Crippen molar-refractivity contribution in [1.82, 2.24) is 9.55 Å². The van der Waals surface area contributed by atoms with Gasteiger partial charge in [-0.1, -0.05) is 48.2 Å². The highest BCUT2D eigenvalue weighted by Gasteiger charge is 2.33. The van der Waals surface area contributed by atoms with Gasteiger partial charge in [-0.2, -0.15) is 13.2 Å². The van der Waals surface area contributed by atoms with Gasteiger partial charge in [0.15, 0.2) is 5.16 Å². The second-order valence-electron chi connectivity index (χ2n) is 6.88. The number of halogens is 4. The monoisotopic (exact) mass is 473 g/mol. The lowest BCUT2D eigenvalue weighted by Crippen LogP contribution is -2.24. The maximum atomic E-state index is 14.5. The first-order valence-corrected chi connectivity index (χ1v) is 10.6. The predicted molar refractivity (Wildman–Crippen MR) is 118 cm³/mol. The number of fused-ring (bicyclic) bond motifs is 1. The van der Waals surface area contributed by atoms with E-state index in [2.05, 4.69) is 10.3 Å². The molecule has 5 nitrogen and oxygen atoms in total. The Morgan fingerprint density at radius 1 is 0.970 bits per heavy atom. The third-order valence-electron chi connectivity index (χ3n) is 4.68. The van der Waals surface area contributed by atoms with Crippen molar-refractivity contribution in [1.29, 1.82) is 0 Å². The smallest absolute Gasteiger partial charge is 0.325 e. The number of nitrogens with zero attached hydrogens (tertiary/aromatic N) is 2. The van der Waals surface area contributed by atoms with Crippen LogP contribution in [0.3, 0.4) is 0 Å². The highest BCUT2D eigenvalue weighted by Crippen LogP contribution is 2.34. The minimum Gasteiger partial charge on any atom is -0.325 e. The number of aromatic nitrogens is 2. The number of carbonyl (C=O) groups excluding carboxylic acids is 1. The maximum Gasteiger partial charge on any atom is 0.418 e. The summed E-state index contributed by atoms with van der Waals surface area (Å²) in [6.45, 7) is 0.